The van der Waals surface area contributed by atoms with Gasteiger partial charge >= 0.3 is 0 Å². The zero-order valence-corrected chi connectivity index (χ0v) is 11.7. The molecule has 0 atom stereocenters. The van der Waals surface area contributed by atoms with Crippen molar-refractivity contribution in [2.24, 2.45) is 0 Å². The number of sulfonamides is 1. The Balaban J connectivity index is 3.28. The molecular formula is C12H19FN2O2S. The van der Waals surface area contributed by atoms with Crippen LogP contribution in [-0.4, -0.2) is 25.8 Å². The summed E-state index contributed by atoms with van der Waals surface area (Å²) in [6, 6.07) is 2.34. The molecule has 2 N–H and O–H groups in total. The molecule has 102 valence electrons. The fourth-order valence-corrected chi connectivity index (χ4v) is 3.26. The molecule has 1 aromatic carbocycles. The molecule has 1 rings (SSSR count). The summed E-state index contributed by atoms with van der Waals surface area (Å²) in [4.78, 5) is -0.0848. The molecule has 0 aliphatic carbocycles. The molecule has 0 heterocycles. The van der Waals surface area contributed by atoms with E-state index in [0.29, 0.717) is 19.5 Å². The normalized spacial score (nSPS) is 12.1. The number of nitrogens with zero attached hydrogens (tertiary/aromatic N) is 1. The second kappa shape index (κ2) is 5.67. The topological polar surface area (TPSA) is 63.4 Å². The number of hydrogen-bond acceptors (Lipinski definition) is 3. The van der Waals surface area contributed by atoms with Crippen molar-refractivity contribution in [1.82, 2.24) is 4.31 Å². The minimum atomic E-state index is -3.66. The summed E-state index contributed by atoms with van der Waals surface area (Å²) in [7, 11) is -3.66. The molecule has 0 saturated heterocycles. The first-order valence-electron chi connectivity index (χ1n) is 5.90. The number of nitrogen functional groups attached to an aromatic ring is 1. The van der Waals surface area contributed by atoms with Crippen molar-refractivity contribution in [1.29, 1.82) is 0 Å². The van der Waals surface area contributed by atoms with E-state index in [1.54, 1.807) is 6.92 Å². The van der Waals surface area contributed by atoms with Crippen LogP contribution in [0.4, 0.5) is 10.1 Å². The highest BCUT2D eigenvalue weighted by atomic mass is 32.2. The lowest BCUT2D eigenvalue weighted by molar-refractivity contribution is 0.426. The number of halogens is 1. The maximum absolute atomic E-state index is 13.6. The molecular weight excluding hydrogens is 255 g/mol. The van der Waals surface area contributed by atoms with Gasteiger partial charge in [0.05, 0.1) is 4.90 Å². The quantitative estimate of drug-likeness (QED) is 0.837. The fourth-order valence-electron chi connectivity index (χ4n) is 1.67. The van der Waals surface area contributed by atoms with Gasteiger partial charge < -0.3 is 5.73 Å². The van der Waals surface area contributed by atoms with Gasteiger partial charge in [0.25, 0.3) is 0 Å². The molecule has 0 radical (unpaired) electrons. The number of nitrogens with two attached hydrogens (primary N) is 1. The Hall–Kier alpha value is -1.14. The Morgan fingerprint density at radius 1 is 1.33 bits per heavy atom. The Labute approximate surface area is 108 Å². The van der Waals surface area contributed by atoms with E-state index >= 15 is 0 Å². The average molecular weight is 274 g/mol. The third-order valence-corrected chi connectivity index (χ3v) is 4.77. The minimum absolute atomic E-state index is 0.0848. The predicted octanol–water partition coefficient (Wildman–Crippen LogP) is 2.14. The second-order valence-corrected chi connectivity index (χ2v) is 6.05. The molecule has 0 aromatic heterocycles. The van der Waals surface area contributed by atoms with Gasteiger partial charge in [0.2, 0.25) is 10.0 Å². The lowest BCUT2D eigenvalue weighted by Crippen LogP contribution is -2.31. The van der Waals surface area contributed by atoms with E-state index in [1.807, 2.05) is 6.92 Å². The molecule has 0 aliphatic rings. The van der Waals surface area contributed by atoms with Gasteiger partial charge in [0.1, 0.15) is 5.82 Å². The summed E-state index contributed by atoms with van der Waals surface area (Å²) in [6.45, 7) is 5.92. The number of anilines is 1. The first kappa shape index (κ1) is 14.9. The summed E-state index contributed by atoms with van der Waals surface area (Å²) in [5.74, 6) is -0.596. The first-order valence-corrected chi connectivity index (χ1v) is 7.34. The Bertz CT molecular complexity index is 506. The molecule has 0 unspecified atom stereocenters. The van der Waals surface area contributed by atoms with Gasteiger partial charge in [-0.3, -0.25) is 0 Å². The molecule has 6 heteroatoms. The van der Waals surface area contributed by atoms with Gasteiger partial charge in [0, 0.05) is 24.3 Å². The van der Waals surface area contributed by atoms with Gasteiger partial charge in [-0.05, 0) is 25.5 Å². The monoisotopic (exact) mass is 274 g/mol. The lowest BCUT2D eigenvalue weighted by Gasteiger charge is -2.20. The molecule has 0 amide bonds. The fraction of sp³-hybridized carbons (Fsp3) is 0.500. The number of rotatable bonds is 5. The molecule has 1 aromatic rings. The van der Waals surface area contributed by atoms with Gasteiger partial charge in [-0.15, -0.1) is 0 Å². The van der Waals surface area contributed by atoms with Gasteiger partial charge in [-0.25, -0.2) is 12.8 Å². The van der Waals surface area contributed by atoms with Crippen LogP contribution in [0.2, 0.25) is 0 Å². The number of benzene rings is 1. The van der Waals surface area contributed by atoms with Crippen LogP contribution in [-0.2, 0) is 10.0 Å². The van der Waals surface area contributed by atoms with Crippen LogP contribution in [0.25, 0.3) is 0 Å². The van der Waals surface area contributed by atoms with E-state index in [1.165, 1.54) is 17.3 Å². The smallest absolute Gasteiger partial charge is 0.243 e. The molecule has 0 bridgehead atoms. The van der Waals surface area contributed by atoms with Crippen LogP contribution in [0.1, 0.15) is 25.8 Å². The van der Waals surface area contributed by atoms with Crippen LogP contribution in [0.5, 0.6) is 0 Å². The summed E-state index contributed by atoms with van der Waals surface area (Å²) >= 11 is 0. The predicted molar refractivity (Wildman–Crippen MR) is 70.3 cm³/mol. The molecule has 0 aliphatic heterocycles. The highest BCUT2D eigenvalue weighted by molar-refractivity contribution is 7.89. The van der Waals surface area contributed by atoms with Crippen molar-refractivity contribution >= 4 is 15.7 Å². The first-order chi connectivity index (χ1) is 8.34. The van der Waals surface area contributed by atoms with Gasteiger partial charge in [-0.2, -0.15) is 4.31 Å². The molecule has 18 heavy (non-hydrogen) atoms. The van der Waals surface area contributed by atoms with E-state index in [9.17, 15) is 12.8 Å². The summed E-state index contributed by atoms with van der Waals surface area (Å²) in [5.41, 5.74) is 6.04. The highest BCUT2D eigenvalue weighted by Crippen LogP contribution is 2.23. The maximum atomic E-state index is 13.6. The van der Waals surface area contributed by atoms with Crippen molar-refractivity contribution in [2.75, 3.05) is 18.8 Å². The highest BCUT2D eigenvalue weighted by Gasteiger charge is 2.23. The van der Waals surface area contributed by atoms with Crippen LogP contribution in [0.15, 0.2) is 17.0 Å². The maximum Gasteiger partial charge on any atom is 0.243 e. The molecule has 0 fully saturated rings. The van der Waals surface area contributed by atoms with Crippen molar-refractivity contribution in [3.63, 3.8) is 0 Å². The third-order valence-electron chi connectivity index (χ3n) is 2.82. The van der Waals surface area contributed by atoms with Crippen LogP contribution in [0, 0.1) is 12.7 Å². The second-order valence-electron chi connectivity index (χ2n) is 4.12. The summed E-state index contributed by atoms with van der Waals surface area (Å²) in [5, 5.41) is 0. The van der Waals surface area contributed by atoms with E-state index < -0.39 is 15.8 Å². The lowest BCUT2D eigenvalue weighted by atomic mass is 10.2. The van der Waals surface area contributed by atoms with Gasteiger partial charge in [-0.1, -0.05) is 13.8 Å². The minimum Gasteiger partial charge on any atom is -0.398 e. The Morgan fingerprint density at radius 3 is 2.39 bits per heavy atom. The molecule has 0 saturated carbocycles. The average Bonchev–Trinajstić information content (AvgIpc) is 2.31. The zero-order chi connectivity index (χ0) is 13.9. The van der Waals surface area contributed by atoms with Crippen LogP contribution >= 0.6 is 0 Å². The number of hydrogen-bond donors (Lipinski definition) is 1. The van der Waals surface area contributed by atoms with E-state index in [0.717, 1.165) is 6.07 Å². The van der Waals surface area contributed by atoms with Gasteiger partial charge in [0.15, 0.2) is 0 Å². The summed E-state index contributed by atoms with van der Waals surface area (Å²) < 4.78 is 39.4. The third kappa shape index (κ3) is 2.81. The molecule has 0 spiro atoms. The van der Waals surface area contributed by atoms with Crippen LogP contribution in [0.3, 0.4) is 0 Å². The zero-order valence-electron chi connectivity index (χ0n) is 10.9. The summed E-state index contributed by atoms with van der Waals surface area (Å²) in [6.07, 6.45) is 0.705. The van der Waals surface area contributed by atoms with Crippen molar-refractivity contribution in [3.8, 4) is 0 Å². The van der Waals surface area contributed by atoms with Crippen LogP contribution < -0.4 is 5.73 Å². The Kier molecular flexibility index (Phi) is 4.70. The SMILES string of the molecule is CCCN(CC)S(=O)(=O)c1cc(N)c(C)c(F)c1. The Morgan fingerprint density at radius 2 is 1.94 bits per heavy atom. The van der Waals surface area contributed by atoms with E-state index in [2.05, 4.69) is 0 Å². The van der Waals surface area contributed by atoms with Crippen molar-refractivity contribution < 1.29 is 12.8 Å². The van der Waals surface area contributed by atoms with E-state index in [-0.39, 0.29) is 16.1 Å². The largest absolute Gasteiger partial charge is 0.398 e. The van der Waals surface area contributed by atoms with E-state index in [4.69, 9.17) is 5.73 Å². The van der Waals surface area contributed by atoms with Crippen molar-refractivity contribution in [3.05, 3.63) is 23.5 Å². The molecule has 4 nitrogen and oxygen atoms in total. The van der Waals surface area contributed by atoms with Crippen molar-refractivity contribution in [2.45, 2.75) is 32.1 Å². The standard InChI is InChI=1S/C12H19FN2O2S/c1-4-6-15(5-2)18(16,17)10-7-11(13)9(3)12(14)8-10/h7-8H,4-6,14H2,1-3H3.